The van der Waals surface area contributed by atoms with Crippen molar-refractivity contribution in [3.05, 3.63) is 24.0 Å². The minimum absolute atomic E-state index is 0.0244. The summed E-state index contributed by atoms with van der Waals surface area (Å²) in [5.41, 5.74) is 0.418. The lowest BCUT2D eigenvalue weighted by Gasteiger charge is -2.45. The summed E-state index contributed by atoms with van der Waals surface area (Å²) in [6, 6.07) is 0. The number of aromatic nitrogens is 2. The molecule has 1 aromatic heterocycles. The number of hydrogen-bond acceptors (Lipinski definition) is 7. The summed E-state index contributed by atoms with van der Waals surface area (Å²) in [4.78, 5) is 34.6. The molecule has 2 heterocycles. The van der Waals surface area contributed by atoms with Crippen LogP contribution in [-0.4, -0.2) is 62.7 Å². The summed E-state index contributed by atoms with van der Waals surface area (Å²) >= 11 is 0. The van der Waals surface area contributed by atoms with Gasteiger partial charge in [-0.25, -0.2) is 19.8 Å². The summed E-state index contributed by atoms with van der Waals surface area (Å²) in [6.07, 6.45) is 0.616. The molecule has 27 heavy (non-hydrogen) atoms. The normalized spacial score (nSPS) is 22.4. The van der Waals surface area contributed by atoms with E-state index in [1.165, 1.54) is 10.4 Å². The maximum Gasteiger partial charge on any atom is 0.272 e. The molecule has 4 N–H and O–H groups in total. The average molecular weight is 383 g/mol. The predicted octanol–water partition coefficient (Wildman–Crippen LogP) is -0.209. The van der Waals surface area contributed by atoms with Crippen LogP contribution in [0, 0.1) is 17.7 Å². The summed E-state index contributed by atoms with van der Waals surface area (Å²) < 4.78 is 13.2. The van der Waals surface area contributed by atoms with Crippen LogP contribution in [0.3, 0.4) is 0 Å². The first-order chi connectivity index (χ1) is 12.7. The zero-order valence-corrected chi connectivity index (χ0v) is 15.6. The largest absolute Gasteiger partial charge is 0.382 e. The van der Waals surface area contributed by atoms with E-state index in [0.717, 1.165) is 12.4 Å². The number of hydroxylamine groups is 1. The van der Waals surface area contributed by atoms with E-state index in [-0.39, 0.29) is 18.2 Å². The quantitative estimate of drug-likeness (QED) is 0.395. The van der Waals surface area contributed by atoms with Gasteiger partial charge < -0.3 is 15.3 Å². The molecule has 0 saturated carbocycles. The van der Waals surface area contributed by atoms with Crippen molar-refractivity contribution in [2.45, 2.75) is 38.8 Å². The van der Waals surface area contributed by atoms with E-state index in [2.05, 4.69) is 15.3 Å². The van der Waals surface area contributed by atoms with E-state index in [9.17, 15) is 19.1 Å². The highest BCUT2D eigenvalue weighted by atomic mass is 19.1. The van der Waals surface area contributed by atoms with Crippen molar-refractivity contribution in [2.24, 2.45) is 11.8 Å². The highest BCUT2D eigenvalue weighted by Crippen LogP contribution is 2.30. The number of amides is 2. The number of nitrogens with zero attached hydrogens (tertiary/aromatic N) is 3. The third kappa shape index (κ3) is 4.57. The molecule has 0 bridgehead atoms. The molecule has 150 valence electrons. The van der Waals surface area contributed by atoms with Crippen LogP contribution < -0.4 is 10.8 Å². The highest BCUT2D eigenvalue weighted by Gasteiger charge is 2.45. The first kappa shape index (κ1) is 21.1. The van der Waals surface area contributed by atoms with Gasteiger partial charge in [0, 0.05) is 19.6 Å². The van der Waals surface area contributed by atoms with E-state index >= 15 is 0 Å². The molecule has 0 aliphatic carbocycles. The number of aliphatic hydroxyl groups is 1. The van der Waals surface area contributed by atoms with Gasteiger partial charge in [0.15, 0.2) is 11.6 Å². The van der Waals surface area contributed by atoms with Crippen molar-refractivity contribution in [3.8, 4) is 0 Å². The fraction of sp³-hybridized carbons (Fsp3) is 0.647. The van der Waals surface area contributed by atoms with Gasteiger partial charge in [0.2, 0.25) is 5.91 Å². The van der Waals surface area contributed by atoms with Gasteiger partial charge in [0.05, 0.1) is 18.3 Å². The smallest absolute Gasteiger partial charge is 0.272 e. The molecule has 0 aromatic carbocycles. The van der Waals surface area contributed by atoms with Gasteiger partial charge in [-0.3, -0.25) is 14.8 Å². The molecule has 0 spiro atoms. The Morgan fingerprint density at radius 2 is 2.04 bits per heavy atom. The fourth-order valence-corrected chi connectivity index (χ4v) is 3.33. The van der Waals surface area contributed by atoms with Gasteiger partial charge in [-0.1, -0.05) is 13.8 Å². The van der Waals surface area contributed by atoms with Crippen molar-refractivity contribution in [1.82, 2.24) is 25.7 Å². The summed E-state index contributed by atoms with van der Waals surface area (Å²) in [6.45, 7) is 6.63. The van der Waals surface area contributed by atoms with Crippen LogP contribution >= 0.6 is 0 Å². The molecular formula is C17H26FN5O4. The molecule has 0 radical (unpaired) electrons. The summed E-state index contributed by atoms with van der Waals surface area (Å²) in [5.74, 6) is -2.84. The third-order valence-electron chi connectivity index (χ3n) is 4.75. The Hall–Kier alpha value is -2.17. The van der Waals surface area contributed by atoms with Crippen molar-refractivity contribution in [1.29, 1.82) is 0 Å². The molecular weight excluding hydrogens is 357 g/mol. The summed E-state index contributed by atoms with van der Waals surface area (Å²) in [5, 5.41) is 22.3. The van der Waals surface area contributed by atoms with E-state index in [4.69, 9.17) is 5.21 Å². The fourth-order valence-electron chi connectivity index (χ4n) is 3.33. The molecule has 1 aromatic rings. The van der Waals surface area contributed by atoms with E-state index in [1.54, 1.807) is 6.92 Å². The SMILES string of the molecule is CC(C)C[C@H](C(=O)N1CCNC[C@]1(C)c1ncc(F)cn1)[C@H](O)C(=O)NO. The molecule has 10 heteroatoms. The van der Waals surface area contributed by atoms with E-state index in [1.807, 2.05) is 13.8 Å². The van der Waals surface area contributed by atoms with Crippen LogP contribution in [-0.2, 0) is 15.1 Å². The standard InChI is InChI=1S/C17H26FN5O4/c1-10(2)6-12(13(24)14(25)22-27)15(26)23-5-4-19-9-17(23,3)16-20-7-11(18)8-21-16/h7-8,10,12-13,19,24,27H,4-6,9H2,1-3H3,(H,22,25)/t12-,13-,17+/m0/s1. The molecule has 2 amide bonds. The Bertz CT molecular complexity index is 672. The van der Waals surface area contributed by atoms with E-state index < -0.39 is 35.2 Å². The second-order valence-corrected chi connectivity index (χ2v) is 7.32. The topological polar surface area (TPSA) is 128 Å². The molecule has 1 aliphatic heterocycles. The Kier molecular flexibility index (Phi) is 6.79. The maximum atomic E-state index is 13.3. The van der Waals surface area contributed by atoms with E-state index in [0.29, 0.717) is 19.6 Å². The van der Waals surface area contributed by atoms with Gasteiger partial charge in [0.1, 0.15) is 11.6 Å². The second-order valence-electron chi connectivity index (χ2n) is 7.32. The first-order valence-electron chi connectivity index (χ1n) is 8.83. The molecule has 1 fully saturated rings. The molecule has 1 aliphatic rings. The number of aliphatic hydroxyl groups excluding tert-OH is 1. The van der Waals surface area contributed by atoms with Crippen molar-refractivity contribution < 1.29 is 24.3 Å². The third-order valence-corrected chi connectivity index (χ3v) is 4.75. The van der Waals surface area contributed by atoms with Crippen molar-refractivity contribution in [2.75, 3.05) is 19.6 Å². The van der Waals surface area contributed by atoms with Gasteiger partial charge in [-0.05, 0) is 19.3 Å². The lowest BCUT2D eigenvalue weighted by atomic mass is 9.87. The number of carbonyl (C=O) groups excluding carboxylic acids is 2. The minimum atomic E-state index is -1.70. The molecule has 9 nitrogen and oxygen atoms in total. The molecule has 2 rings (SSSR count). The van der Waals surface area contributed by atoms with Crippen LogP contribution in [0.4, 0.5) is 4.39 Å². The molecule has 1 saturated heterocycles. The number of halogens is 1. The predicted molar refractivity (Wildman–Crippen MR) is 92.8 cm³/mol. The van der Waals surface area contributed by atoms with Crippen LogP contribution in [0.1, 0.15) is 33.0 Å². The minimum Gasteiger partial charge on any atom is -0.382 e. The lowest BCUT2D eigenvalue weighted by molar-refractivity contribution is -0.156. The zero-order chi connectivity index (χ0) is 20.2. The van der Waals surface area contributed by atoms with Crippen molar-refractivity contribution in [3.63, 3.8) is 0 Å². The van der Waals surface area contributed by atoms with Gasteiger partial charge >= 0.3 is 0 Å². The Morgan fingerprint density at radius 1 is 1.41 bits per heavy atom. The number of carbonyl (C=O) groups is 2. The van der Waals surface area contributed by atoms with Crippen molar-refractivity contribution >= 4 is 11.8 Å². The number of nitrogens with one attached hydrogen (secondary N) is 2. The average Bonchev–Trinajstić information content (AvgIpc) is 2.65. The Labute approximate surface area is 156 Å². The Morgan fingerprint density at radius 3 is 2.59 bits per heavy atom. The highest BCUT2D eigenvalue weighted by molar-refractivity contribution is 5.89. The van der Waals surface area contributed by atoms with Crippen LogP contribution in [0.25, 0.3) is 0 Å². The van der Waals surface area contributed by atoms with Gasteiger partial charge in [-0.2, -0.15) is 0 Å². The Balaban J connectivity index is 2.38. The van der Waals surface area contributed by atoms with Crippen LogP contribution in [0.15, 0.2) is 12.4 Å². The van der Waals surface area contributed by atoms with Crippen LogP contribution in [0.5, 0.6) is 0 Å². The summed E-state index contributed by atoms with van der Waals surface area (Å²) in [7, 11) is 0. The molecule has 3 atom stereocenters. The number of hydrogen-bond donors (Lipinski definition) is 4. The van der Waals surface area contributed by atoms with Gasteiger partial charge in [-0.15, -0.1) is 0 Å². The molecule has 0 unspecified atom stereocenters. The lowest BCUT2D eigenvalue weighted by Crippen LogP contribution is -2.62. The maximum absolute atomic E-state index is 13.3. The number of piperazine rings is 1. The monoisotopic (exact) mass is 383 g/mol. The second kappa shape index (κ2) is 8.68. The first-order valence-corrected chi connectivity index (χ1v) is 8.83. The van der Waals surface area contributed by atoms with Crippen LogP contribution in [0.2, 0.25) is 0 Å². The zero-order valence-electron chi connectivity index (χ0n) is 15.6. The number of rotatable bonds is 6. The van der Waals surface area contributed by atoms with Gasteiger partial charge in [0.25, 0.3) is 5.91 Å².